The van der Waals surface area contributed by atoms with E-state index in [0.29, 0.717) is 28.2 Å². The third-order valence-corrected chi connectivity index (χ3v) is 4.43. The molecule has 0 fully saturated rings. The minimum Gasteiger partial charge on any atom is -0.506 e. The molecule has 3 rings (SSSR count). The van der Waals surface area contributed by atoms with E-state index in [2.05, 4.69) is 5.32 Å². The fraction of sp³-hybridized carbons (Fsp3) is 0.200. The summed E-state index contributed by atoms with van der Waals surface area (Å²) in [6, 6.07) is 13.6. The molecule has 1 heterocycles. The van der Waals surface area contributed by atoms with Crippen molar-refractivity contribution in [2.24, 2.45) is 0 Å². The summed E-state index contributed by atoms with van der Waals surface area (Å²) in [5.74, 6) is -0.969. The van der Waals surface area contributed by atoms with Gasteiger partial charge in [-0.3, -0.25) is 9.59 Å². The zero-order valence-electron chi connectivity index (χ0n) is 14.3. The molecule has 0 saturated carbocycles. The number of fused-ring (bicyclic) bond motifs is 1. The molecule has 6 heteroatoms. The quantitative estimate of drug-likeness (QED) is 0.698. The molecule has 0 unspecified atom stereocenters. The van der Waals surface area contributed by atoms with Gasteiger partial charge in [0.25, 0.3) is 11.5 Å². The highest BCUT2D eigenvalue weighted by atomic mass is 35.5. The van der Waals surface area contributed by atoms with E-state index in [1.165, 1.54) is 0 Å². The number of aromatic nitrogens is 1. The van der Waals surface area contributed by atoms with E-state index in [9.17, 15) is 14.7 Å². The Labute approximate surface area is 155 Å². The first-order valence-electron chi connectivity index (χ1n) is 8.44. The number of nitrogens with one attached hydrogen (secondary N) is 1. The number of aryl methyl sites for hydroxylation is 1. The molecule has 3 aromatic rings. The van der Waals surface area contributed by atoms with E-state index < -0.39 is 11.5 Å². The number of unbranched alkanes of at least 4 members (excludes halogenated alkanes) is 1. The highest BCUT2D eigenvalue weighted by molar-refractivity contribution is 6.31. The Hall–Kier alpha value is -2.79. The lowest BCUT2D eigenvalue weighted by molar-refractivity contribution is 0.102. The Morgan fingerprint density at radius 3 is 2.69 bits per heavy atom. The van der Waals surface area contributed by atoms with Gasteiger partial charge in [0.1, 0.15) is 11.3 Å². The molecule has 1 aromatic heterocycles. The molecule has 0 atom stereocenters. The number of halogens is 1. The summed E-state index contributed by atoms with van der Waals surface area (Å²) >= 11 is 5.93. The molecule has 0 aliphatic heterocycles. The second kappa shape index (κ2) is 7.62. The summed E-state index contributed by atoms with van der Waals surface area (Å²) in [7, 11) is 0. The molecular formula is C20H19ClN2O3. The van der Waals surface area contributed by atoms with Crippen LogP contribution in [0.3, 0.4) is 0 Å². The van der Waals surface area contributed by atoms with Crippen molar-refractivity contribution < 1.29 is 9.90 Å². The summed E-state index contributed by atoms with van der Waals surface area (Å²) in [6.07, 6.45) is 1.70. The van der Waals surface area contributed by atoms with Gasteiger partial charge in [0.2, 0.25) is 0 Å². The Kier molecular flexibility index (Phi) is 5.28. The molecule has 134 valence electrons. The highest BCUT2D eigenvalue weighted by Gasteiger charge is 2.22. The van der Waals surface area contributed by atoms with Crippen LogP contribution in [0.2, 0.25) is 5.02 Å². The first kappa shape index (κ1) is 18.0. The van der Waals surface area contributed by atoms with E-state index in [4.69, 9.17) is 11.6 Å². The summed E-state index contributed by atoms with van der Waals surface area (Å²) in [6.45, 7) is 2.51. The molecule has 0 radical (unpaired) electrons. The van der Waals surface area contributed by atoms with Crippen LogP contribution in [-0.4, -0.2) is 15.6 Å². The van der Waals surface area contributed by atoms with E-state index in [1.54, 1.807) is 53.1 Å². The first-order valence-corrected chi connectivity index (χ1v) is 8.82. The summed E-state index contributed by atoms with van der Waals surface area (Å²) in [5.41, 5.74) is 0.297. The van der Waals surface area contributed by atoms with Crippen LogP contribution in [0.15, 0.2) is 53.3 Å². The number of para-hydroxylation sites is 1. The maximum Gasteiger partial charge on any atom is 0.267 e. The lowest BCUT2D eigenvalue weighted by Gasteiger charge is -2.15. The predicted molar refractivity (Wildman–Crippen MR) is 104 cm³/mol. The van der Waals surface area contributed by atoms with Crippen molar-refractivity contribution in [3.8, 4) is 5.75 Å². The number of hydrogen-bond acceptors (Lipinski definition) is 3. The first-order chi connectivity index (χ1) is 12.5. The number of anilines is 1. The Morgan fingerprint density at radius 2 is 1.96 bits per heavy atom. The number of hydrogen-bond donors (Lipinski definition) is 2. The smallest absolute Gasteiger partial charge is 0.267 e. The zero-order chi connectivity index (χ0) is 18.7. The SMILES string of the molecule is CCCCn1c(=O)c(C(=O)Nc2cccc(Cl)c2)c(O)c2ccccc21. The minimum absolute atomic E-state index is 0.264. The molecule has 26 heavy (non-hydrogen) atoms. The third-order valence-electron chi connectivity index (χ3n) is 4.19. The van der Waals surface area contributed by atoms with Crippen LogP contribution in [0.25, 0.3) is 10.9 Å². The molecule has 0 bridgehead atoms. The normalized spacial score (nSPS) is 10.8. The van der Waals surface area contributed by atoms with Gasteiger partial charge < -0.3 is 15.0 Å². The van der Waals surface area contributed by atoms with Gasteiger partial charge in [-0.25, -0.2) is 0 Å². The van der Waals surface area contributed by atoms with Gasteiger partial charge in [-0.15, -0.1) is 0 Å². The largest absolute Gasteiger partial charge is 0.506 e. The topological polar surface area (TPSA) is 71.3 Å². The number of pyridine rings is 1. The third kappa shape index (κ3) is 3.44. The summed E-state index contributed by atoms with van der Waals surface area (Å²) < 4.78 is 1.55. The maximum absolute atomic E-state index is 12.9. The van der Waals surface area contributed by atoms with Crippen molar-refractivity contribution in [2.75, 3.05) is 5.32 Å². The fourth-order valence-electron chi connectivity index (χ4n) is 2.89. The molecule has 0 aliphatic carbocycles. The Balaban J connectivity index is 2.12. The lowest BCUT2D eigenvalue weighted by Crippen LogP contribution is -2.30. The molecular weight excluding hydrogens is 352 g/mol. The summed E-state index contributed by atoms with van der Waals surface area (Å²) in [5, 5.41) is 14.2. The van der Waals surface area contributed by atoms with Crippen LogP contribution in [0.4, 0.5) is 5.69 Å². The van der Waals surface area contributed by atoms with Crippen LogP contribution < -0.4 is 10.9 Å². The summed E-state index contributed by atoms with van der Waals surface area (Å²) in [4.78, 5) is 25.6. The second-order valence-electron chi connectivity index (χ2n) is 6.02. The van der Waals surface area contributed by atoms with E-state index in [0.717, 1.165) is 12.8 Å². The van der Waals surface area contributed by atoms with Crippen LogP contribution in [0.1, 0.15) is 30.1 Å². The molecule has 2 N–H and O–H groups in total. The molecule has 1 amide bonds. The molecule has 0 aliphatic rings. The standard InChI is InChI=1S/C20H19ClN2O3/c1-2-3-11-23-16-10-5-4-9-15(16)18(24)17(20(23)26)19(25)22-14-8-6-7-13(21)12-14/h4-10,12,24H,2-3,11H2,1H3,(H,22,25). The van der Waals surface area contributed by atoms with Crippen molar-refractivity contribution in [2.45, 2.75) is 26.3 Å². The van der Waals surface area contributed by atoms with Gasteiger partial charge >= 0.3 is 0 Å². The second-order valence-corrected chi connectivity index (χ2v) is 6.45. The average molecular weight is 371 g/mol. The van der Waals surface area contributed by atoms with Crippen LogP contribution in [0, 0.1) is 0 Å². The van der Waals surface area contributed by atoms with Crippen molar-refractivity contribution in [3.63, 3.8) is 0 Å². The molecule has 2 aromatic carbocycles. The number of benzene rings is 2. The van der Waals surface area contributed by atoms with Gasteiger partial charge in [-0.1, -0.05) is 43.1 Å². The average Bonchev–Trinajstić information content (AvgIpc) is 2.62. The van der Waals surface area contributed by atoms with E-state index in [-0.39, 0.29) is 11.3 Å². The number of rotatable bonds is 5. The molecule has 5 nitrogen and oxygen atoms in total. The van der Waals surface area contributed by atoms with Gasteiger partial charge in [0.15, 0.2) is 0 Å². The fourth-order valence-corrected chi connectivity index (χ4v) is 3.08. The highest BCUT2D eigenvalue weighted by Crippen LogP contribution is 2.27. The van der Waals surface area contributed by atoms with Crippen molar-refractivity contribution >= 4 is 34.1 Å². The number of aromatic hydroxyl groups is 1. The maximum atomic E-state index is 12.9. The van der Waals surface area contributed by atoms with Gasteiger partial charge in [-0.05, 0) is 36.8 Å². The van der Waals surface area contributed by atoms with Crippen molar-refractivity contribution in [1.29, 1.82) is 0 Å². The van der Waals surface area contributed by atoms with Crippen molar-refractivity contribution in [3.05, 3.63) is 69.5 Å². The number of amides is 1. The monoisotopic (exact) mass is 370 g/mol. The van der Waals surface area contributed by atoms with Gasteiger partial charge in [-0.2, -0.15) is 0 Å². The van der Waals surface area contributed by atoms with Crippen molar-refractivity contribution in [1.82, 2.24) is 4.57 Å². The van der Waals surface area contributed by atoms with Crippen LogP contribution in [-0.2, 0) is 6.54 Å². The van der Waals surface area contributed by atoms with Crippen LogP contribution in [0.5, 0.6) is 5.75 Å². The minimum atomic E-state index is -0.661. The Bertz CT molecular complexity index is 1030. The number of carbonyl (C=O) groups is 1. The van der Waals surface area contributed by atoms with E-state index in [1.807, 2.05) is 6.92 Å². The zero-order valence-corrected chi connectivity index (χ0v) is 15.1. The predicted octanol–water partition coefficient (Wildman–Crippen LogP) is 4.41. The van der Waals surface area contributed by atoms with E-state index >= 15 is 0 Å². The number of carbonyl (C=O) groups excluding carboxylic acids is 1. The molecule has 0 spiro atoms. The lowest BCUT2D eigenvalue weighted by atomic mass is 10.1. The Morgan fingerprint density at radius 1 is 1.19 bits per heavy atom. The molecule has 0 saturated heterocycles. The number of nitrogens with zero attached hydrogens (tertiary/aromatic N) is 1. The van der Waals surface area contributed by atoms with Gasteiger partial charge in [0.05, 0.1) is 5.52 Å². The van der Waals surface area contributed by atoms with Gasteiger partial charge in [0, 0.05) is 22.6 Å². The van der Waals surface area contributed by atoms with Crippen LogP contribution >= 0.6 is 11.6 Å².